The molecule has 0 aliphatic heterocycles. The van der Waals surface area contributed by atoms with Gasteiger partial charge in [-0.25, -0.2) is 0 Å². The van der Waals surface area contributed by atoms with Gasteiger partial charge >= 0.3 is 0 Å². The molecule has 2 aromatic heterocycles. The SMILES string of the molecule is Cc1noc(Cn2cc(C(=O)N(C)C3CC3)cn2)n1. The average molecular weight is 261 g/mol. The number of aromatic nitrogens is 4. The Kier molecular flexibility index (Phi) is 2.81. The summed E-state index contributed by atoms with van der Waals surface area (Å²) in [5, 5.41) is 7.86. The molecule has 19 heavy (non-hydrogen) atoms. The number of amides is 1. The Morgan fingerprint density at radius 2 is 2.37 bits per heavy atom. The first-order valence-electron chi connectivity index (χ1n) is 6.22. The Bertz CT molecular complexity index is 599. The minimum Gasteiger partial charge on any atom is -0.339 e. The molecule has 0 atom stereocenters. The molecule has 1 fully saturated rings. The highest BCUT2D eigenvalue weighted by atomic mass is 16.5. The Hall–Kier alpha value is -2.18. The molecular weight excluding hydrogens is 246 g/mol. The van der Waals surface area contributed by atoms with Gasteiger partial charge < -0.3 is 9.42 Å². The largest absolute Gasteiger partial charge is 0.339 e. The van der Waals surface area contributed by atoms with Gasteiger partial charge in [-0.05, 0) is 19.8 Å². The second-order valence-electron chi connectivity index (χ2n) is 4.81. The van der Waals surface area contributed by atoms with Crippen LogP contribution in [0.25, 0.3) is 0 Å². The van der Waals surface area contributed by atoms with E-state index in [9.17, 15) is 4.79 Å². The highest BCUT2D eigenvalue weighted by Crippen LogP contribution is 2.26. The molecule has 0 radical (unpaired) electrons. The zero-order chi connectivity index (χ0) is 13.4. The predicted octanol–water partition coefficient (Wildman–Crippen LogP) is 0.857. The highest BCUT2D eigenvalue weighted by Gasteiger charge is 2.30. The van der Waals surface area contributed by atoms with E-state index in [0.717, 1.165) is 12.8 Å². The molecule has 7 nitrogen and oxygen atoms in total. The van der Waals surface area contributed by atoms with Crippen LogP contribution in [0.4, 0.5) is 0 Å². The molecule has 2 aromatic rings. The lowest BCUT2D eigenvalue weighted by atomic mass is 10.3. The fourth-order valence-corrected chi connectivity index (χ4v) is 1.93. The van der Waals surface area contributed by atoms with Crippen LogP contribution in [0, 0.1) is 6.92 Å². The monoisotopic (exact) mass is 261 g/mol. The van der Waals surface area contributed by atoms with Crippen LogP contribution in [0.2, 0.25) is 0 Å². The highest BCUT2D eigenvalue weighted by molar-refractivity contribution is 5.93. The van der Waals surface area contributed by atoms with Gasteiger partial charge in [0.1, 0.15) is 6.54 Å². The van der Waals surface area contributed by atoms with Crippen LogP contribution >= 0.6 is 0 Å². The molecule has 0 aromatic carbocycles. The van der Waals surface area contributed by atoms with E-state index in [1.807, 2.05) is 7.05 Å². The fourth-order valence-electron chi connectivity index (χ4n) is 1.93. The van der Waals surface area contributed by atoms with Crippen molar-refractivity contribution in [2.45, 2.75) is 32.4 Å². The van der Waals surface area contributed by atoms with Gasteiger partial charge in [0.05, 0.1) is 11.8 Å². The molecule has 0 saturated heterocycles. The molecule has 0 unspecified atom stereocenters. The smallest absolute Gasteiger partial charge is 0.257 e. The first-order chi connectivity index (χ1) is 9.13. The van der Waals surface area contributed by atoms with Crippen LogP contribution in [-0.2, 0) is 6.54 Å². The molecule has 1 saturated carbocycles. The minimum atomic E-state index is 0.00968. The minimum absolute atomic E-state index is 0.00968. The molecule has 0 N–H and O–H groups in total. The lowest BCUT2D eigenvalue weighted by Crippen LogP contribution is -2.28. The van der Waals surface area contributed by atoms with Crippen molar-refractivity contribution in [2.24, 2.45) is 0 Å². The van der Waals surface area contributed by atoms with Crippen LogP contribution in [0.3, 0.4) is 0 Å². The van der Waals surface area contributed by atoms with Gasteiger partial charge in [-0.2, -0.15) is 10.1 Å². The first kappa shape index (κ1) is 11.9. The number of rotatable bonds is 4. The summed E-state index contributed by atoms with van der Waals surface area (Å²) < 4.78 is 6.64. The lowest BCUT2D eigenvalue weighted by molar-refractivity contribution is 0.0785. The van der Waals surface area contributed by atoms with Gasteiger partial charge in [0, 0.05) is 19.3 Å². The maximum Gasteiger partial charge on any atom is 0.257 e. The van der Waals surface area contributed by atoms with Crippen molar-refractivity contribution in [3.05, 3.63) is 29.7 Å². The quantitative estimate of drug-likeness (QED) is 0.815. The molecule has 1 aliphatic rings. The number of aryl methyl sites for hydroxylation is 1. The van der Waals surface area contributed by atoms with E-state index in [2.05, 4.69) is 15.2 Å². The molecule has 0 spiro atoms. The van der Waals surface area contributed by atoms with Crippen LogP contribution in [0.15, 0.2) is 16.9 Å². The molecule has 1 amide bonds. The van der Waals surface area contributed by atoms with Gasteiger partial charge in [0.25, 0.3) is 5.91 Å². The Labute approximate surface area is 110 Å². The third-order valence-electron chi connectivity index (χ3n) is 3.16. The van der Waals surface area contributed by atoms with Gasteiger partial charge in [-0.15, -0.1) is 0 Å². The van der Waals surface area contributed by atoms with Gasteiger partial charge in [-0.1, -0.05) is 5.16 Å². The molecule has 7 heteroatoms. The second kappa shape index (κ2) is 4.49. The van der Waals surface area contributed by atoms with Crippen molar-refractivity contribution in [3.8, 4) is 0 Å². The van der Waals surface area contributed by atoms with Crippen molar-refractivity contribution in [1.82, 2.24) is 24.8 Å². The summed E-state index contributed by atoms with van der Waals surface area (Å²) in [4.78, 5) is 18.0. The molecule has 2 heterocycles. The molecule has 1 aliphatic carbocycles. The summed E-state index contributed by atoms with van der Waals surface area (Å²) in [5.74, 6) is 1.08. The lowest BCUT2D eigenvalue weighted by Gasteiger charge is -2.14. The van der Waals surface area contributed by atoms with E-state index in [4.69, 9.17) is 4.52 Å². The molecule has 100 valence electrons. The third-order valence-corrected chi connectivity index (χ3v) is 3.16. The van der Waals surface area contributed by atoms with Crippen LogP contribution < -0.4 is 0 Å². The summed E-state index contributed by atoms with van der Waals surface area (Å²) in [6.45, 7) is 2.14. The summed E-state index contributed by atoms with van der Waals surface area (Å²) in [7, 11) is 1.83. The van der Waals surface area contributed by atoms with Crippen molar-refractivity contribution in [2.75, 3.05) is 7.05 Å². The van der Waals surface area contributed by atoms with Gasteiger partial charge in [0.2, 0.25) is 5.89 Å². The standard InChI is InChI=1S/C12H15N5O2/c1-8-14-11(19-15-8)7-17-6-9(5-13-17)12(18)16(2)10-3-4-10/h5-6,10H,3-4,7H2,1-2H3. The van der Waals surface area contributed by atoms with Crippen LogP contribution in [-0.4, -0.2) is 43.8 Å². The van der Waals surface area contributed by atoms with Crippen molar-refractivity contribution in [1.29, 1.82) is 0 Å². The maximum absolute atomic E-state index is 12.1. The normalized spacial score (nSPS) is 14.6. The summed E-state index contributed by atoms with van der Waals surface area (Å²) in [5.41, 5.74) is 0.589. The number of hydrogen-bond donors (Lipinski definition) is 0. The predicted molar refractivity (Wildman–Crippen MR) is 65.5 cm³/mol. The first-order valence-corrected chi connectivity index (χ1v) is 6.22. The van der Waals surface area contributed by atoms with Gasteiger partial charge in [-0.3, -0.25) is 9.48 Å². The average Bonchev–Trinajstić information content (AvgIpc) is 3.02. The van der Waals surface area contributed by atoms with E-state index >= 15 is 0 Å². The topological polar surface area (TPSA) is 77.0 Å². The number of carbonyl (C=O) groups excluding carboxylic acids is 1. The number of nitrogens with zero attached hydrogens (tertiary/aromatic N) is 5. The van der Waals surface area contributed by atoms with Crippen molar-refractivity contribution in [3.63, 3.8) is 0 Å². The van der Waals surface area contributed by atoms with E-state index in [-0.39, 0.29) is 5.91 Å². The van der Waals surface area contributed by atoms with Gasteiger partial charge in [0.15, 0.2) is 5.82 Å². The maximum atomic E-state index is 12.1. The summed E-state index contributed by atoms with van der Waals surface area (Å²) >= 11 is 0. The van der Waals surface area contributed by atoms with E-state index in [1.54, 1.807) is 28.9 Å². The van der Waals surface area contributed by atoms with Crippen LogP contribution in [0.1, 0.15) is 34.9 Å². The molecule has 0 bridgehead atoms. The third kappa shape index (κ3) is 2.49. The fraction of sp³-hybridized carbons (Fsp3) is 0.500. The molecule has 3 rings (SSSR count). The zero-order valence-electron chi connectivity index (χ0n) is 10.9. The Morgan fingerprint density at radius 3 is 3.00 bits per heavy atom. The van der Waals surface area contributed by atoms with Crippen molar-refractivity contribution >= 4 is 5.91 Å². The number of carbonyl (C=O) groups is 1. The Balaban J connectivity index is 1.70. The molecular formula is C12H15N5O2. The summed E-state index contributed by atoms with van der Waals surface area (Å²) in [6.07, 6.45) is 5.47. The van der Waals surface area contributed by atoms with E-state index in [1.165, 1.54) is 0 Å². The Morgan fingerprint density at radius 1 is 1.58 bits per heavy atom. The second-order valence-corrected chi connectivity index (χ2v) is 4.81. The number of hydrogen-bond acceptors (Lipinski definition) is 5. The van der Waals surface area contributed by atoms with Crippen molar-refractivity contribution < 1.29 is 9.32 Å². The van der Waals surface area contributed by atoms with E-state index < -0.39 is 0 Å². The summed E-state index contributed by atoms with van der Waals surface area (Å²) in [6, 6.07) is 0.398. The van der Waals surface area contributed by atoms with E-state index in [0.29, 0.717) is 29.9 Å². The van der Waals surface area contributed by atoms with Crippen LogP contribution in [0.5, 0.6) is 0 Å². The zero-order valence-corrected chi connectivity index (χ0v) is 10.9.